The Hall–Kier alpha value is -7.20. The summed E-state index contributed by atoms with van der Waals surface area (Å²) in [6.07, 6.45) is 0. The normalized spacial score (nSPS) is 14.1. The maximum atomic E-state index is 13.9. The molecule has 2 aliphatic rings. The molecule has 10 nitrogen and oxygen atoms in total. The fraction of sp³-hybridized carbons (Fsp3) is 0. The highest BCUT2D eigenvalue weighted by atomic mass is 16.4. The number of carbonyl (C=O) groups excluding carboxylic acids is 4. The summed E-state index contributed by atoms with van der Waals surface area (Å²) in [5.74, 6) is -1.31. The highest BCUT2D eigenvalue weighted by Gasteiger charge is 2.40. The Morgan fingerprint density at radius 2 is 0.840 bits per heavy atom. The standard InChI is InChI=1S/C40H20N4O6/c45-37-25-17-15-21(35-41-29-9-1-3-13-33(29)49-35)19-27(25)39(47)43(37)31-11-5-8-24-23(31)7-6-12-32(24)44-38(46)26-18-16-22(20-28(26)40(44)48)36-42-30-10-2-4-14-34(30)50-36/h1-20H. The molecule has 8 aromatic rings. The molecule has 4 amide bonds. The highest BCUT2D eigenvalue weighted by molar-refractivity contribution is 6.38. The SMILES string of the molecule is O=C1c2ccc(-c3nc4ccccc4o3)cc2C(=O)N1c1cccc2c(N3C(=O)c4ccc(-c5nc6ccccc6o5)cc4C3=O)cccc12. The molecule has 0 aliphatic carbocycles. The number of imide groups is 2. The molecule has 0 saturated carbocycles. The second kappa shape index (κ2) is 10.1. The minimum atomic E-state index is -0.506. The van der Waals surface area contributed by atoms with Gasteiger partial charge in [-0.1, -0.05) is 48.5 Å². The summed E-state index contributed by atoms with van der Waals surface area (Å²) in [6.45, 7) is 0. The maximum Gasteiger partial charge on any atom is 0.266 e. The van der Waals surface area contributed by atoms with E-state index in [1.54, 1.807) is 72.8 Å². The predicted octanol–water partition coefficient (Wildman–Crippen LogP) is 8.06. The Kier molecular flexibility index (Phi) is 5.66. The minimum Gasteiger partial charge on any atom is -0.436 e. The van der Waals surface area contributed by atoms with Crippen LogP contribution in [0, 0.1) is 0 Å². The van der Waals surface area contributed by atoms with Crippen molar-refractivity contribution >= 4 is 68.0 Å². The van der Waals surface area contributed by atoms with Gasteiger partial charge >= 0.3 is 0 Å². The van der Waals surface area contributed by atoms with Gasteiger partial charge in [-0.25, -0.2) is 19.8 Å². The number of anilines is 2. The molecule has 50 heavy (non-hydrogen) atoms. The molecule has 0 N–H and O–H groups in total. The number of oxazole rings is 2. The first-order valence-corrected chi connectivity index (χ1v) is 15.7. The Labute approximate surface area is 281 Å². The topological polar surface area (TPSA) is 127 Å². The van der Waals surface area contributed by atoms with Crippen LogP contribution in [0.1, 0.15) is 41.4 Å². The van der Waals surface area contributed by atoms with E-state index in [4.69, 9.17) is 8.83 Å². The van der Waals surface area contributed by atoms with E-state index in [1.807, 2.05) is 48.5 Å². The molecule has 10 heteroatoms. The van der Waals surface area contributed by atoms with Crippen molar-refractivity contribution in [1.82, 2.24) is 9.97 Å². The molecule has 0 bridgehead atoms. The fourth-order valence-corrected chi connectivity index (χ4v) is 6.84. The summed E-state index contributed by atoms with van der Waals surface area (Å²) in [5, 5.41) is 1.03. The van der Waals surface area contributed by atoms with Crippen LogP contribution in [0.2, 0.25) is 0 Å². The summed E-state index contributed by atoms with van der Waals surface area (Å²) in [5.41, 5.74) is 5.30. The number of rotatable bonds is 4. The number of amides is 4. The Morgan fingerprint density at radius 3 is 1.28 bits per heavy atom. The van der Waals surface area contributed by atoms with Gasteiger partial charge in [0.1, 0.15) is 11.0 Å². The van der Waals surface area contributed by atoms with Crippen LogP contribution < -0.4 is 9.80 Å². The molecular formula is C40H20N4O6. The Bertz CT molecular complexity index is 2570. The molecule has 236 valence electrons. The molecule has 10 rings (SSSR count). The summed E-state index contributed by atoms with van der Waals surface area (Å²) in [7, 11) is 0. The van der Waals surface area contributed by atoms with Crippen LogP contribution >= 0.6 is 0 Å². The van der Waals surface area contributed by atoms with E-state index < -0.39 is 23.6 Å². The second-order valence-electron chi connectivity index (χ2n) is 12.0. The molecule has 6 aromatic carbocycles. The molecule has 0 saturated heterocycles. The van der Waals surface area contributed by atoms with Crippen molar-refractivity contribution in [3.05, 3.63) is 144 Å². The van der Waals surface area contributed by atoms with Gasteiger partial charge in [0, 0.05) is 21.9 Å². The van der Waals surface area contributed by atoms with Crippen LogP contribution in [0.3, 0.4) is 0 Å². The smallest absolute Gasteiger partial charge is 0.266 e. The minimum absolute atomic E-state index is 0.220. The first kappa shape index (κ1) is 27.9. The summed E-state index contributed by atoms with van der Waals surface area (Å²) in [6, 6.07) is 34.8. The quantitative estimate of drug-likeness (QED) is 0.175. The molecule has 0 radical (unpaired) electrons. The molecule has 4 heterocycles. The predicted molar refractivity (Wildman–Crippen MR) is 185 cm³/mol. The largest absolute Gasteiger partial charge is 0.436 e. The third kappa shape index (κ3) is 3.90. The zero-order valence-electron chi connectivity index (χ0n) is 25.8. The van der Waals surface area contributed by atoms with Crippen molar-refractivity contribution in [1.29, 1.82) is 0 Å². The number of nitrogens with zero attached hydrogens (tertiary/aromatic N) is 4. The molecular weight excluding hydrogens is 632 g/mol. The number of carbonyl (C=O) groups is 4. The van der Waals surface area contributed by atoms with Crippen molar-refractivity contribution in [2.75, 3.05) is 9.80 Å². The van der Waals surface area contributed by atoms with Gasteiger partial charge in [-0.2, -0.15) is 0 Å². The van der Waals surface area contributed by atoms with Gasteiger partial charge in [-0.05, 0) is 72.8 Å². The zero-order valence-corrected chi connectivity index (χ0v) is 25.8. The van der Waals surface area contributed by atoms with E-state index in [0.29, 0.717) is 67.3 Å². The first-order valence-electron chi connectivity index (χ1n) is 15.7. The number of para-hydroxylation sites is 4. The van der Waals surface area contributed by atoms with E-state index in [1.165, 1.54) is 0 Å². The number of benzene rings is 6. The Balaban J connectivity index is 1.01. The van der Waals surface area contributed by atoms with Crippen molar-refractivity contribution in [2.45, 2.75) is 0 Å². The second-order valence-corrected chi connectivity index (χ2v) is 12.0. The number of fused-ring (bicyclic) bond motifs is 5. The molecule has 0 atom stereocenters. The van der Waals surface area contributed by atoms with E-state index in [2.05, 4.69) is 9.97 Å². The fourth-order valence-electron chi connectivity index (χ4n) is 6.84. The van der Waals surface area contributed by atoms with Gasteiger partial charge < -0.3 is 8.83 Å². The van der Waals surface area contributed by atoms with E-state index in [-0.39, 0.29) is 22.3 Å². The van der Waals surface area contributed by atoms with Crippen LogP contribution in [0.25, 0.3) is 55.9 Å². The van der Waals surface area contributed by atoms with Crippen LogP contribution in [-0.4, -0.2) is 33.6 Å². The monoisotopic (exact) mass is 652 g/mol. The van der Waals surface area contributed by atoms with Crippen LogP contribution in [0.4, 0.5) is 11.4 Å². The van der Waals surface area contributed by atoms with Crippen LogP contribution in [-0.2, 0) is 0 Å². The maximum absolute atomic E-state index is 13.9. The summed E-state index contributed by atoms with van der Waals surface area (Å²) >= 11 is 0. The van der Waals surface area contributed by atoms with Crippen molar-refractivity contribution in [3.63, 3.8) is 0 Å². The average Bonchev–Trinajstić information content (AvgIpc) is 3.90. The van der Waals surface area contributed by atoms with Crippen molar-refractivity contribution in [2.24, 2.45) is 0 Å². The van der Waals surface area contributed by atoms with Gasteiger partial charge in [0.05, 0.1) is 33.6 Å². The molecule has 0 fully saturated rings. The Morgan fingerprint density at radius 1 is 0.420 bits per heavy atom. The van der Waals surface area contributed by atoms with E-state index >= 15 is 0 Å². The lowest BCUT2D eigenvalue weighted by Gasteiger charge is -2.20. The van der Waals surface area contributed by atoms with Crippen molar-refractivity contribution in [3.8, 4) is 22.9 Å². The van der Waals surface area contributed by atoms with Gasteiger partial charge in [0.15, 0.2) is 11.2 Å². The first-order chi connectivity index (χ1) is 24.4. The number of hydrogen-bond donors (Lipinski definition) is 0. The van der Waals surface area contributed by atoms with Crippen LogP contribution in [0.5, 0.6) is 0 Å². The van der Waals surface area contributed by atoms with E-state index in [9.17, 15) is 19.2 Å². The lowest BCUT2D eigenvalue weighted by Crippen LogP contribution is -2.30. The van der Waals surface area contributed by atoms with Gasteiger partial charge in [0.25, 0.3) is 23.6 Å². The van der Waals surface area contributed by atoms with Crippen molar-refractivity contribution < 1.29 is 28.0 Å². The molecule has 0 unspecified atom stereocenters. The van der Waals surface area contributed by atoms with Gasteiger partial charge in [-0.3, -0.25) is 19.2 Å². The van der Waals surface area contributed by atoms with Crippen LogP contribution in [0.15, 0.2) is 130 Å². The molecule has 2 aromatic heterocycles. The lowest BCUT2D eigenvalue weighted by molar-refractivity contribution is 0.0910. The average molecular weight is 653 g/mol. The third-order valence-corrected chi connectivity index (χ3v) is 9.21. The lowest BCUT2D eigenvalue weighted by atomic mass is 10.0. The summed E-state index contributed by atoms with van der Waals surface area (Å²) in [4.78, 5) is 66.7. The van der Waals surface area contributed by atoms with E-state index in [0.717, 1.165) is 9.80 Å². The summed E-state index contributed by atoms with van der Waals surface area (Å²) < 4.78 is 11.8. The molecule has 0 spiro atoms. The number of hydrogen-bond acceptors (Lipinski definition) is 8. The van der Waals surface area contributed by atoms with Gasteiger partial charge in [0.2, 0.25) is 11.8 Å². The van der Waals surface area contributed by atoms with Gasteiger partial charge in [-0.15, -0.1) is 0 Å². The molecule has 2 aliphatic heterocycles. The highest BCUT2D eigenvalue weighted by Crippen LogP contribution is 2.41. The number of aromatic nitrogens is 2. The zero-order chi connectivity index (χ0) is 33.7. The third-order valence-electron chi connectivity index (χ3n) is 9.21.